The highest BCUT2D eigenvalue weighted by atomic mass is 16.5. The molecule has 0 saturated carbocycles. The topological polar surface area (TPSA) is 66.0 Å². The summed E-state index contributed by atoms with van der Waals surface area (Å²) in [6.07, 6.45) is 1.75. The monoisotopic (exact) mass is 248 g/mol. The molecule has 2 N–H and O–H groups in total. The summed E-state index contributed by atoms with van der Waals surface area (Å²) < 4.78 is 7.74. The zero-order chi connectivity index (χ0) is 13.3. The fourth-order valence-corrected chi connectivity index (χ4v) is 2.15. The summed E-state index contributed by atoms with van der Waals surface area (Å²) in [6.45, 7) is 9.65. The summed E-state index contributed by atoms with van der Waals surface area (Å²) in [7, 11) is 0. The fourth-order valence-electron chi connectivity index (χ4n) is 2.15. The van der Waals surface area contributed by atoms with Crippen LogP contribution in [-0.4, -0.2) is 27.2 Å². The number of aromatic nitrogens is 3. The standard InChI is InChI=1S/C13H20N4O/c1-8(2)18-6-5-17-10(4)9(3)11-12(14)15-7-16-13(11)17/h7-8H,5-6H2,1-4H3,(H2,14,15,16). The van der Waals surface area contributed by atoms with Gasteiger partial charge in [-0.3, -0.25) is 0 Å². The number of nitrogens with two attached hydrogens (primary N) is 1. The molecule has 0 radical (unpaired) electrons. The van der Waals surface area contributed by atoms with Crippen LogP contribution >= 0.6 is 0 Å². The molecule has 0 unspecified atom stereocenters. The van der Waals surface area contributed by atoms with Gasteiger partial charge in [-0.1, -0.05) is 0 Å². The van der Waals surface area contributed by atoms with Crippen molar-refractivity contribution in [1.82, 2.24) is 14.5 Å². The molecule has 2 aromatic heterocycles. The van der Waals surface area contributed by atoms with Crippen LogP contribution in [0.15, 0.2) is 6.33 Å². The van der Waals surface area contributed by atoms with Gasteiger partial charge in [0, 0.05) is 12.2 Å². The first kappa shape index (κ1) is 12.8. The van der Waals surface area contributed by atoms with Crippen molar-refractivity contribution in [3.63, 3.8) is 0 Å². The number of aryl methyl sites for hydroxylation is 1. The van der Waals surface area contributed by atoms with Crippen LogP contribution in [0.2, 0.25) is 0 Å². The zero-order valence-electron chi connectivity index (χ0n) is 11.4. The van der Waals surface area contributed by atoms with Gasteiger partial charge in [-0.15, -0.1) is 0 Å². The van der Waals surface area contributed by atoms with Gasteiger partial charge in [-0.05, 0) is 33.3 Å². The Bertz CT molecular complexity index is 560. The second kappa shape index (κ2) is 4.94. The van der Waals surface area contributed by atoms with Gasteiger partial charge in [0.1, 0.15) is 17.8 Å². The number of nitrogen functional groups attached to an aromatic ring is 1. The normalized spacial score (nSPS) is 11.6. The van der Waals surface area contributed by atoms with Crippen LogP contribution in [0.3, 0.4) is 0 Å². The van der Waals surface area contributed by atoms with E-state index in [-0.39, 0.29) is 6.10 Å². The molecule has 0 aliphatic rings. The predicted molar refractivity (Wildman–Crippen MR) is 72.5 cm³/mol. The Balaban J connectivity index is 2.38. The van der Waals surface area contributed by atoms with E-state index in [2.05, 4.69) is 28.4 Å². The molecule has 18 heavy (non-hydrogen) atoms. The lowest BCUT2D eigenvalue weighted by molar-refractivity contribution is 0.0730. The molecule has 0 amide bonds. The molecular formula is C13H20N4O. The highest BCUT2D eigenvalue weighted by molar-refractivity contribution is 5.90. The van der Waals surface area contributed by atoms with Crippen molar-refractivity contribution in [2.75, 3.05) is 12.3 Å². The third kappa shape index (κ3) is 2.18. The predicted octanol–water partition coefficient (Wildman–Crippen LogP) is 2.06. The summed E-state index contributed by atoms with van der Waals surface area (Å²) in [6, 6.07) is 0. The van der Waals surface area contributed by atoms with Crippen LogP contribution in [0.4, 0.5) is 5.82 Å². The maximum Gasteiger partial charge on any atom is 0.146 e. The number of rotatable bonds is 4. The molecule has 0 aliphatic heterocycles. The number of hydrogen-bond donors (Lipinski definition) is 1. The molecule has 0 atom stereocenters. The number of nitrogens with zero attached hydrogens (tertiary/aromatic N) is 3. The zero-order valence-corrected chi connectivity index (χ0v) is 11.4. The molecule has 5 heteroatoms. The molecule has 2 rings (SSSR count). The van der Waals surface area contributed by atoms with Gasteiger partial charge in [0.15, 0.2) is 0 Å². The largest absolute Gasteiger partial charge is 0.383 e. The van der Waals surface area contributed by atoms with Gasteiger partial charge >= 0.3 is 0 Å². The van der Waals surface area contributed by atoms with Crippen LogP contribution in [0.25, 0.3) is 11.0 Å². The minimum Gasteiger partial charge on any atom is -0.383 e. The lowest BCUT2D eigenvalue weighted by Gasteiger charge is -2.10. The first-order chi connectivity index (χ1) is 8.52. The van der Waals surface area contributed by atoms with Crippen LogP contribution in [-0.2, 0) is 11.3 Å². The molecule has 2 aromatic rings. The lowest BCUT2D eigenvalue weighted by Crippen LogP contribution is -2.12. The average molecular weight is 248 g/mol. The fraction of sp³-hybridized carbons (Fsp3) is 0.538. The molecule has 0 spiro atoms. The van der Waals surface area contributed by atoms with E-state index in [0.717, 1.165) is 23.1 Å². The number of hydrogen-bond acceptors (Lipinski definition) is 4. The Labute approximate surface area is 107 Å². The van der Waals surface area contributed by atoms with Gasteiger partial charge in [0.2, 0.25) is 0 Å². The number of ether oxygens (including phenoxy) is 1. The molecule has 0 aromatic carbocycles. The maximum atomic E-state index is 5.92. The second-order valence-corrected chi connectivity index (χ2v) is 4.74. The molecule has 0 saturated heterocycles. The van der Waals surface area contributed by atoms with Gasteiger partial charge in [-0.2, -0.15) is 0 Å². The van der Waals surface area contributed by atoms with E-state index >= 15 is 0 Å². The Morgan fingerprint density at radius 1 is 1.33 bits per heavy atom. The Kier molecular flexibility index (Phi) is 3.52. The average Bonchev–Trinajstić information content (AvgIpc) is 2.55. The van der Waals surface area contributed by atoms with Crippen LogP contribution in [0, 0.1) is 13.8 Å². The molecular weight excluding hydrogens is 228 g/mol. The van der Waals surface area contributed by atoms with E-state index in [0.29, 0.717) is 12.4 Å². The lowest BCUT2D eigenvalue weighted by atomic mass is 10.2. The van der Waals surface area contributed by atoms with Crippen LogP contribution < -0.4 is 5.73 Å². The summed E-state index contributed by atoms with van der Waals surface area (Å²) in [5, 5.41) is 0.958. The van der Waals surface area contributed by atoms with Crippen molar-refractivity contribution < 1.29 is 4.74 Å². The highest BCUT2D eigenvalue weighted by Crippen LogP contribution is 2.26. The quantitative estimate of drug-likeness (QED) is 0.899. The van der Waals surface area contributed by atoms with E-state index in [9.17, 15) is 0 Å². The Morgan fingerprint density at radius 2 is 2.06 bits per heavy atom. The van der Waals surface area contributed by atoms with Crippen LogP contribution in [0.1, 0.15) is 25.1 Å². The van der Waals surface area contributed by atoms with Crippen molar-refractivity contribution in [2.45, 2.75) is 40.3 Å². The molecule has 98 valence electrons. The summed E-state index contributed by atoms with van der Waals surface area (Å²) in [5.74, 6) is 0.545. The number of fused-ring (bicyclic) bond motifs is 1. The maximum absolute atomic E-state index is 5.92. The smallest absolute Gasteiger partial charge is 0.146 e. The first-order valence-electron chi connectivity index (χ1n) is 6.19. The Hall–Kier alpha value is -1.62. The van der Waals surface area contributed by atoms with Crippen molar-refractivity contribution >= 4 is 16.9 Å². The molecule has 5 nitrogen and oxygen atoms in total. The highest BCUT2D eigenvalue weighted by Gasteiger charge is 2.14. The van der Waals surface area contributed by atoms with Crippen molar-refractivity contribution in [3.05, 3.63) is 17.6 Å². The molecule has 0 aliphatic carbocycles. The minimum atomic E-state index is 0.243. The van der Waals surface area contributed by atoms with Crippen molar-refractivity contribution in [3.8, 4) is 0 Å². The first-order valence-corrected chi connectivity index (χ1v) is 6.19. The van der Waals surface area contributed by atoms with Crippen molar-refractivity contribution in [2.24, 2.45) is 0 Å². The van der Waals surface area contributed by atoms with E-state index in [4.69, 9.17) is 10.5 Å². The second-order valence-electron chi connectivity index (χ2n) is 4.74. The third-order valence-corrected chi connectivity index (χ3v) is 3.20. The van der Waals surface area contributed by atoms with E-state index in [1.54, 1.807) is 0 Å². The minimum absolute atomic E-state index is 0.243. The van der Waals surface area contributed by atoms with Gasteiger partial charge in [-0.25, -0.2) is 9.97 Å². The van der Waals surface area contributed by atoms with E-state index in [1.807, 2.05) is 13.8 Å². The van der Waals surface area contributed by atoms with Crippen molar-refractivity contribution in [1.29, 1.82) is 0 Å². The van der Waals surface area contributed by atoms with Gasteiger partial charge < -0.3 is 15.0 Å². The summed E-state index contributed by atoms with van der Waals surface area (Å²) >= 11 is 0. The van der Waals surface area contributed by atoms with Gasteiger partial charge in [0.05, 0.1) is 18.1 Å². The molecule has 0 bridgehead atoms. The Morgan fingerprint density at radius 3 is 2.72 bits per heavy atom. The van der Waals surface area contributed by atoms with E-state index in [1.165, 1.54) is 12.0 Å². The van der Waals surface area contributed by atoms with Gasteiger partial charge in [0.25, 0.3) is 0 Å². The molecule has 2 heterocycles. The number of anilines is 1. The van der Waals surface area contributed by atoms with E-state index < -0.39 is 0 Å². The molecule has 0 fully saturated rings. The SMILES string of the molecule is Cc1c(C)n(CCOC(C)C)c2ncnc(N)c12. The third-order valence-electron chi connectivity index (χ3n) is 3.20. The summed E-state index contributed by atoms with van der Waals surface area (Å²) in [4.78, 5) is 8.39. The summed E-state index contributed by atoms with van der Waals surface area (Å²) in [5.41, 5.74) is 9.13. The van der Waals surface area contributed by atoms with Crippen LogP contribution in [0.5, 0.6) is 0 Å².